The molecule has 27 heavy (non-hydrogen) atoms. The van der Waals surface area contributed by atoms with E-state index in [-0.39, 0.29) is 23.3 Å². The molecule has 4 rings (SSSR count). The van der Waals surface area contributed by atoms with Gasteiger partial charge in [-0.1, -0.05) is 32.9 Å². The molecule has 0 radical (unpaired) electrons. The standard InChI is InChI=1S/C23H29NO3/c1-23(2,3)14-7-10-19-18(12-14)22-17(6-5-11-27-22)21(24-19)16-9-8-15(25)13-20(16)26-4/h7-10,12-13,17,21-22,24-25H,5-6,11H2,1-4H3/t17-,21-,22-/m0/s1. The number of nitrogens with one attached hydrogen (secondary N) is 1. The number of phenolic OH excluding ortho intramolecular Hbond substituents is 1. The fourth-order valence-corrected chi connectivity index (χ4v) is 4.40. The monoisotopic (exact) mass is 367 g/mol. The Morgan fingerprint density at radius 1 is 1.11 bits per heavy atom. The highest BCUT2D eigenvalue weighted by Crippen LogP contribution is 2.51. The topological polar surface area (TPSA) is 50.7 Å². The van der Waals surface area contributed by atoms with Crippen LogP contribution in [0.4, 0.5) is 5.69 Å². The summed E-state index contributed by atoms with van der Waals surface area (Å²) in [5.74, 6) is 1.27. The highest BCUT2D eigenvalue weighted by molar-refractivity contribution is 5.60. The number of fused-ring (bicyclic) bond motifs is 3. The second kappa shape index (κ2) is 6.75. The van der Waals surface area contributed by atoms with Gasteiger partial charge in [-0.3, -0.25) is 0 Å². The van der Waals surface area contributed by atoms with Crippen molar-refractivity contribution >= 4 is 5.69 Å². The van der Waals surface area contributed by atoms with Gasteiger partial charge in [-0.25, -0.2) is 0 Å². The van der Waals surface area contributed by atoms with Crippen molar-refractivity contribution in [2.75, 3.05) is 19.0 Å². The van der Waals surface area contributed by atoms with Gasteiger partial charge in [0.1, 0.15) is 11.5 Å². The largest absolute Gasteiger partial charge is 0.508 e. The molecule has 0 unspecified atom stereocenters. The van der Waals surface area contributed by atoms with Gasteiger partial charge in [-0.15, -0.1) is 0 Å². The molecular weight excluding hydrogens is 338 g/mol. The first-order chi connectivity index (χ1) is 12.9. The van der Waals surface area contributed by atoms with Gasteiger partial charge in [0.15, 0.2) is 0 Å². The minimum atomic E-state index is 0.0841. The molecule has 0 aromatic heterocycles. The lowest BCUT2D eigenvalue weighted by Crippen LogP contribution is -2.36. The van der Waals surface area contributed by atoms with E-state index in [1.807, 2.05) is 6.07 Å². The minimum Gasteiger partial charge on any atom is -0.508 e. The van der Waals surface area contributed by atoms with Gasteiger partial charge in [0.05, 0.1) is 19.3 Å². The summed E-state index contributed by atoms with van der Waals surface area (Å²) in [5, 5.41) is 13.6. The van der Waals surface area contributed by atoms with E-state index in [0.717, 1.165) is 30.7 Å². The second-order valence-corrected chi connectivity index (χ2v) is 8.70. The molecule has 0 aliphatic carbocycles. The number of hydrogen-bond acceptors (Lipinski definition) is 4. The van der Waals surface area contributed by atoms with Crippen molar-refractivity contribution in [3.8, 4) is 11.5 Å². The van der Waals surface area contributed by atoms with E-state index in [1.165, 1.54) is 11.1 Å². The van der Waals surface area contributed by atoms with Crippen LogP contribution in [-0.4, -0.2) is 18.8 Å². The number of ether oxygens (including phenoxy) is 2. The molecule has 2 aromatic carbocycles. The van der Waals surface area contributed by atoms with E-state index in [1.54, 1.807) is 19.2 Å². The van der Waals surface area contributed by atoms with Crippen molar-refractivity contribution in [3.63, 3.8) is 0 Å². The summed E-state index contributed by atoms with van der Waals surface area (Å²) in [6.07, 6.45) is 2.25. The third-order valence-corrected chi connectivity index (χ3v) is 5.88. The highest BCUT2D eigenvalue weighted by atomic mass is 16.5. The maximum absolute atomic E-state index is 9.84. The molecule has 2 aliphatic heterocycles. The summed E-state index contributed by atoms with van der Waals surface area (Å²) in [7, 11) is 1.65. The predicted octanol–water partition coefficient (Wildman–Crippen LogP) is 5.33. The number of phenols is 1. The van der Waals surface area contributed by atoms with Gasteiger partial charge >= 0.3 is 0 Å². The predicted molar refractivity (Wildman–Crippen MR) is 108 cm³/mol. The van der Waals surface area contributed by atoms with Crippen molar-refractivity contribution in [1.82, 2.24) is 0 Å². The normalized spacial score (nSPS) is 24.5. The first-order valence-corrected chi connectivity index (χ1v) is 9.78. The molecule has 1 saturated heterocycles. The van der Waals surface area contributed by atoms with Crippen LogP contribution in [0.2, 0.25) is 0 Å². The van der Waals surface area contributed by atoms with E-state index < -0.39 is 0 Å². The summed E-state index contributed by atoms with van der Waals surface area (Å²) in [6, 6.07) is 12.2. The highest BCUT2D eigenvalue weighted by Gasteiger charge is 2.41. The maximum Gasteiger partial charge on any atom is 0.127 e. The Morgan fingerprint density at radius 3 is 2.67 bits per heavy atom. The van der Waals surface area contributed by atoms with Crippen LogP contribution in [0.1, 0.15) is 62.4 Å². The Hall–Kier alpha value is -2.20. The van der Waals surface area contributed by atoms with E-state index in [9.17, 15) is 5.11 Å². The third kappa shape index (κ3) is 3.27. The maximum atomic E-state index is 9.84. The van der Waals surface area contributed by atoms with Crippen LogP contribution in [-0.2, 0) is 10.2 Å². The number of benzene rings is 2. The molecule has 2 heterocycles. The summed E-state index contributed by atoms with van der Waals surface area (Å²) in [4.78, 5) is 0. The van der Waals surface area contributed by atoms with Gasteiger partial charge in [0.2, 0.25) is 0 Å². The lowest BCUT2D eigenvalue weighted by atomic mass is 9.75. The van der Waals surface area contributed by atoms with Crippen molar-refractivity contribution in [2.24, 2.45) is 5.92 Å². The van der Waals surface area contributed by atoms with Crippen LogP contribution in [0.3, 0.4) is 0 Å². The number of anilines is 1. The molecule has 4 heteroatoms. The average Bonchev–Trinajstić information content (AvgIpc) is 2.66. The van der Waals surface area contributed by atoms with Gasteiger partial charge in [0, 0.05) is 35.4 Å². The molecule has 0 bridgehead atoms. The van der Waals surface area contributed by atoms with E-state index in [0.29, 0.717) is 11.7 Å². The Balaban J connectivity index is 1.79. The quantitative estimate of drug-likeness (QED) is 0.753. The lowest BCUT2D eigenvalue weighted by molar-refractivity contribution is -0.0383. The van der Waals surface area contributed by atoms with E-state index in [2.05, 4.69) is 44.3 Å². The van der Waals surface area contributed by atoms with Crippen LogP contribution in [0.5, 0.6) is 11.5 Å². The molecule has 2 aliphatic rings. The second-order valence-electron chi connectivity index (χ2n) is 8.70. The summed E-state index contributed by atoms with van der Waals surface area (Å²) >= 11 is 0. The van der Waals surface area contributed by atoms with Crippen molar-refractivity contribution in [2.45, 2.75) is 51.2 Å². The number of hydrogen-bond donors (Lipinski definition) is 2. The molecule has 0 saturated carbocycles. The minimum absolute atomic E-state index is 0.0841. The summed E-state index contributed by atoms with van der Waals surface area (Å²) in [6.45, 7) is 7.54. The fourth-order valence-electron chi connectivity index (χ4n) is 4.40. The molecule has 3 atom stereocenters. The molecule has 2 aromatic rings. The van der Waals surface area contributed by atoms with Crippen LogP contribution in [0.15, 0.2) is 36.4 Å². The molecule has 144 valence electrons. The Morgan fingerprint density at radius 2 is 1.93 bits per heavy atom. The molecule has 4 nitrogen and oxygen atoms in total. The Labute approximate surface area is 161 Å². The lowest BCUT2D eigenvalue weighted by Gasteiger charge is -2.44. The van der Waals surface area contributed by atoms with Gasteiger partial charge in [0.25, 0.3) is 0 Å². The Bertz CT molecular complexity index is 840. The first kappa shape index (κ1) is 18.2. The van der Waals surface area contributed by atoms with Crippen molar-refractivity contribution < 1.29 is 14.6 Å². The zero-order valence-electron chi connectivity index (χ0n) is 16.6. The summed E-state index contributed by atoms with van der Waals surface area (Å²) < 4.78 is 11.9. The van der Waals surface area contributed by atoms with E-state index in [4.69, 9.17) is 9.47 Å². The fraction of sp³-hybridized carbons (Fsp3) is 0.478. The van der Waals surface area contributed by atoms with Crippen LogP contribution >= 0.6 is 0 Å². The molecular formula is C23H29NO3. The van der Waals surface area contributed by atoms with Gasteiger partial charge in [-0.2, -0.15) is 0 Å². The van der Waals surface area contributed by atoms with Crippen LogP contribution < -0.4 is 10.1 Å². The third-order valence-electron chi connectivity index (χ3n) is 5.88. The van der Waals surface area contributed by atoms with Crippen molar-refractivity contribution in [3.05, 3.63) is 53.1 Å². The SMILES string of the molecule is COc1cc(O)ccc1[C@@H]1Nc2ccc(C(C)(C)C)cc2[C@H]2OCCC[C@H]21. The number of aromatic hydroxyl groups is 1. The zero-order chi connectivity index (χ0) is 19.2. The zero-order valence-corrected chi connectivity index (χ0v) is 16.6. The molecule has 0 amide bonds. The smallest absolute Gasteiger partial charge is 0.127 e. The number of methoxy groups -OCH3 is 1. The molecule has 0 spiro atoms. The first-order valence-electron chi connectivity index (χ1n) is 9.78. The molecule has 1 fully saturated rings. The van der Waals surface area contributed by atoms with Gasteiger partial charge < -0.3 is 19.9 Å². The number of rotatable bonds is 2. The van der Waals surface area contributed by atoms with E-state index >= 15 is 0 Å². The Kier molecular flexibility index (Phi) is 4.55. The summed E-state index contributed by atoms with van der Waals surface area (Å²) in [5.41, 5.74) is 4.90. The van der Waals surface area contributed by atoms with Crippen molar-refractivity contribution in [1.29, 1.82) is 0 Å². The van der Waals surface area contributed by atoms with Crippen LogP contribution in [0.25, 0.3) is 0 Å². The molecule has 2 N–H and O–H groups in total. The average molecular weight is 367 g/mol. The van der Waals surface area contributed by atoms with Crippen LogP contribution in [0, 0.1) is 5.92 Å². The van der Waals surface area contributed by atoms with Gasteiger partial charge in [-0.05, 0) is 42.0 Å².